The maximum absolute atomic E-state index is 12.9. The lowest BCUT2D eigenvalue weighted by Gasteiger charge is -2.24. The first-order chi connectivity index (χ1) is 40.5. The number of carbonyl (C=O) groups excluding carboxylic acids is 2. The van der Waals surface area contributed by atoms with E-state index in [1.165, 1.54) is 225 Å². The quantitative estimate of drug-likeness (QED) is 0.0211. The second-order valence-corrected chi connectivity index (χ2v) is 26.4. The van der Waals surface area contributed by atoms with Crippen LogP contribution in [0.25, 0.3) is 0 Å². The molecule has 0 aliphatic rings. The molecule has 0 fully saturated rings. The van der Waals surface area contributed by atoms with Gasteiger partial charge in [-0.05, 0) is 64.2 Å². The third kappa shape index (κ3) is 68.4. The normalized spacial score (nSPS) is 13.6. The van der Waals surface area contributed by atoms with Crippen LogP contribution in [0.3, 0.4) is 0 Å². The lowest BCUT2D eigenvalue weighted by molar-refractivity contribution is -0.870. The smallest absolute Gasteiger partial charge is 0.462 e. The van der Waals surface area contributed by atoms with E-state index >= 15 is 0 Å². The Morgan fingerprint density at radius 1 is 0.386 bits per heavy atom. The summed E-state index contributed by atoms with van der Waals surface area (Å²) in [4.78, 5) is 35.8. The molecule has 0 amide bonds. The molecule has 0 heterocycles. The number of nitrogens with zero attached hydrogens (tertiary/aromatic N) is 1. The molecule has 0 rings (SSSR count). The molecule has 0 saturated heterocycles. The van der Waals surface area contributed by atoms with Gasteiger partial charge in [0.1, 0.15) is 19.8 Å². The third-order valence-electron chi connectivity index (χ3n) is 15.5. The van der Waals surface area contributed by atoms with Crippen LogP contribution in [-0.4, -0.2) is 74.9 Å². The number of likely N-dealkylation sites (N-methyl/N-ethyl adjacent to an activating group) is 1. The Hall–Kier alpha value is -2.55. The zero-order valence-corrected chi connectivity index (χ0v) is 56.1. The second-order valence-electron chi connectivity index (χ2n) is 24.9. The molecule has 0 bridgehead atoms. The Balaban J connectivity index is 3.91. The van der Waals surface area contributed by atoms with Gasteiger partial charge in [-0.25, -0.2) is 4.57 Å². The van der Waals surface area contributed by atoms with E-state index in [4.69, 9.17) is 18.5 Å². The van der Waals surface area contributed by atoms with Crippen molar-refractivity contribution in [2.75, 3.05) is 47.5 Å². The van der Waals surface area contributed by atoms with Crippen molar-refractivity contribution in [3.05, 3.63) is 72.9 Å². The Morgan fingerprint density at radius 2 is 0.687 bits per heavy atom. The van der Waals surface area contributed by atoms with Crippen LogP contribution in [0, 0.1) is 0 Å². The molecule has 0 saturated carbocycles. The van der Waals surface area contributed by atoms with Gasteiger partial charge in [-0.15, -0.1) is 0 Å². The number of phosphoric ester groups is 1. The molecule has 0 aromatic rings. The highest BCUT2D eigenvalue weighted by atomic mass is 31.2. The van der Waals surface area contributed by atoms with Crippen molar-refractivity contribution in [1.82, 2.24) is 0 Å². The standard InChI is InChI=1S/C73H134NO8P/c1-6-8-10-12-14-16-18-20-22-24-26-27-28-29-30-31-32-33-34-35-36-37-38-39-40-41-42-43-44-45-46-47-48-50-52-54-56-58-60-62-64-66-73(76)82-71(70-81-83(77,78)80-68-67-74(3,4)5)69-79-72(75)65-63-61-59-57-55-53-51-49-25-23-21-19-17-15-13-11-9-7-2/h8,10,14,16,20,22,26-27,29-30,32-33,71H,6-7,9,11-13,15,17-19,21,23-25,28,31,34-70H2,1-5H3/p+1/b10-8-,16-14-,22-20-,27-26-,30-29-,33-32-. The lowest BCUT2D eigenvalue weighted by atomic mass is 10.0. The van der Waals surface area contributed by atoms with E-state index in [1.807, 2.05) is 21.1 Å². The Bertz CT molecular complexity index is 1630. The summed E-state index contributed by atoms with van der Waals surface area (Å²) in [6, 6.07) is 0. The molecule has 0 aliphatic heterocycles. The summed E-state index contributed by atoms with van der Waals surface area (Å²) >= 11 is 0. The van der Waals surface area contributed by atoms with Crippen LogP contribution < -0.4 is 0 Å². The average Bonchev–Trinajstić information content (AvgIpc) is 3.48. The molecule has 83 heavy (non-hydrogen) atoms. The van der Waals surface area contributed by atoms with E-state index in [0.29, 0.717) is 23.9 Å². The van der Waals surface area contributed by atoms with Crippen molar-refractivity contribution in [3.8, 4) is 0 Å². The summed E-state index contributed by atoms with van der Waals surface area (Å²) in [5, 5.41) is 0. The van der Waals surface area contributed by atoms with E-state index in [2.05, 4.69) is 86.8 Å². The fourth-order valence-corrected chi connectivity index (χ4v) is 10.9. The fourth-order valence-electron chi connectivity index (χ4n) is 10.1. The monoisotopic (exact) mass is 1180 g/mol. The van der Waals surface area contributed by atoms with Crippen molar-refractivity contribution in [2.45, 2.75) is 335 Å². The van der Waals surface area contributed by atoms with Gasteiger partial charge in [-0.2, -0.15) is 0 Å². The summed E-state index contributed by atoms with van der Waals surface area (Å²) in [5.41, 5.74) is 0. The van der Waals surface area contributed by atoms with Gasteiger partial charge >= 0.3 is 19.8 Å². The number of quaternary nitrogens is 1. The predicted molar refractivity (Wildman–Crippen MR) is 358 cm³/mol. The summed E-state index contributed by atoms with van der Waals surface area (Å²) < 4.78 is 34.7. The van der Waals surface area contributed by atoms with Crippen molar-refractivity contribution < 1.29 is 42.1 Å². The van der Waals surface area contributed by atoms with Crippen LogP contribution in [0.15, 0.2) is 72.9 Å². The first-order valence-corrected chi connectivity index (χ1v) is 36.7. The predicted octanol–water partition coefficient (Wildman–Crippen LogP) is 22.8. The minimum atomic E-state index is -4.39. The highest BCUT2D eigenvalue weighted by molar-refractivity contribution is 7.47. The number of hydrogen-bond donors (Lipinski definition) is 1. The van der Waals surface area contributed by atoms with Crippen LogP contribution in [0.5, 0.6) is 0 Å². The van der Waals surface area contributed by atoms with E-state index in [9.17, 15) is 19.0 Å². The number of unbranched alkanes of at least 4 members (excludes halogenated alkanes) is 39. The van der Waals surface area contributed by atoms with Crippen LogP contribution in [0.2, 0.25) is 0 Å². The number of allylic oxidation sites excluding steroid dienone is 12. The minimum Gasteiger partial charge on any atom is -0.462 e. The molecule has 2 unspecified atom stereocenters. The highest BCUT2D eigenvalue weighted by Gasteiger charge is 2.27. The first-order valence-electron chi connectivity index (χ1n) is 35.2. The van der Waals surface area contributed by atoms with Gasteiger partial charge in [0.15, 0.2) is 6.10 Å². The molecule has 484 valence electrons. The minimum absolute atomic E-state index is 0.0339. The molecule has 0 radical (unpaired) electrons. The van der Waals surface area contributed by atoms with Gasteiger partial charge in [0, 0.05) is 12.8 Å². The summed E-state index contributed by atoms with van der Waals surface area (Å²) in [6.45, 7) is 4.37. The average molecular weight is 1190 g/mol. The molecule has 0 aromatic heterocycles. The molecule has 10 heteroatoms. The van der Waals surface area contributed by atoms with Gasteiger partial charge in [0.25, 0.3) is 0 Å². The van der Waals surface area contributed by atoms with E-state index in [-0.39, 0.29) is 25.6 Å². The second kappa shape index (κ2) is 63.9. The van der Waals surface area contributed by atoms with Crippen LogP contribution >= 0.6 is 7.82 Å². The molecule has 1 N–H and O–H groups in total. The number of hydrogen-bond acceptors (Lipinski definition) is 7. The number of phosphoric acid groups is 1. The Morgan fingerprint density at radius 3 is 1.02 bits per heavy atom. The molecule has 9 nitrogen and oxygen atoms in total. The van der Waals surface area contributed by atoms with Crippen molar-refractivity contribution in [1.29, 1.82) is 0 Å². The van der Waals surface area contributed by atoms with Gasteiger partial charge in [-0.3, -0.25) is 18.6 Å². The van der Waals surface area contributed by atoms with Crippen molar-refractivity contribution in [3.63, 3.8) is 0 Å². The largest absolute Gasteiger partial charge is 0.472 e. The van der Waals surface area contributed by atoms with E-state index < -0.39 is 26.5 Å². The van der Waals surface area contributed by atoms with Gasteiger partial charge in [0.2, 0.25) is 0 Å². The first kappa shape index (κ1) is 80.5. The van der Waals surface area contributed by atoms with Gasteiger partial charge in [-0.1, -0.05) is 324 Å². The zero-order chi connectivity index (χ0) is 60.5. The number of rotatable bonds is 65. The summed E-state index contributed by atoms with van der Waals surface area (Å²) in [5.74, 6) is -0.778. The SMILES string of the molecule is CC/C=C\C/C=C\C/C=C\C/C=C\C/C=C\C/C=C\CCCCCCCCCCCCCCCCCCCCCCCCC(=O)OC(COC(=O)CCCCCCCCCCCCCCCCCCCC)COP(=O)(O)OCC[N+](C)(C)C. The van der Waals surface area contributed by atoms with Crippen LogP contribution in [0.1, 0.15) is 328 Å². The zero-order valence-electron chi connectivity index (χ0n) is 55.2. The van der Waals surface area contributed by atoms with Crippen LogP contribution in [-0.2, 0) is 32.7 Å². The molecule has 0 aromatic carbocycles. The summed E-state index contributed by atoms with van der Waals surface area (Å²) in [7, 11) is 1.49. The summed E-state index contributed by atoms with van der Waals surface area (Å²) in [6.07, 6.45) is 85.9. The Kier molecular flexibility index (Phi) is 62.0. The maximum Gasteiger partial charge on any atom is 0.472 e. The number of carbonyl (C=O) groups is 2. The lowest BCUT2D eigenvalue weighted by Crippen LogP contribution is -2.37. The number of esters is 2. The topological polar surface area (TPSA) is 108 Å². The van der Waals surface area contributed by atoms with E-state index in [0.717, 1.165) is 70.6 Å². The third-order valence-corrected chi connectivity index (χ3v) is 16.5. The molecular weight excluding hydrogens is 1050 g/mol. The van der Waals surface area contributed by atoms with E-state index in [1.54, 1.807) is 0 Å². The highest BCUT2D eigenvalue weighted by Crippen LogP contribution is 2.43. The van der Waals surface area contributed by atoms with Gasteiger partial charge < -0.3 is 18.9 Å². The molecular formula is C73H135NO8P+. The molecule has 0 spiro atoms. The molecule has 2 atom stereocenters. The van der Waals surface area contributed by atoms with Crippen molar-refractivity contribution >= 4 is 19.8 Å². The van der Waals surface area contributed by atoms with Crippen molar-refractivity contribution in [2.24, 2.45) is 0 Å². The molecule has 0 aliphatic carbocycles. The van der Waals surface area contributed by atoms with Crippen LogP contribution in [0.4, 0.5) is 0 Å². The Labute approximate surface area is 514 Å². The van der Waals surface area contributed by atoms with Gasteiger partial charge in [0.05, 0.1) is 27.7 Å². The maximum atomic E-state index is 12.9. The fraction of sp³-hybridized carbons (Fsp3) is 0.808. The number of ether oxygens (including phenoxy) is 2.